The molecule has 2 aromatic rings. The molecule has 0 bridgehead atoms. The van der Waals surface area contributed by atoms with Gasteiger partial charge in [-0.3, -0.25) is 15.6 Å². The predicted molar refractivity (Wildman–Crippen MR) is 84.7 cm³/mol. The Morgan fingerprint density at radius 1 is 1.00 bits per heavy atom. The monoisotopic (exact) mass is 323 g/mol. The normalized spacial score (nSPS) is 9.81. The van der Waals surface area contributed by atoms with Crippen molar-refractivity contribution in [1.82, 2.24) is 10.9 Å². The lowest BCUT2D eigenvalue weighted by Crippen LogP contribution is -2.43. The molecule has 7 heteroatoms. The van der Waals surface area contributed by atoms with Crippen molar-refractivity contribution in [3.05, 3.63) is 64.9 Å². The maximum atomic E-state index is 12.8. The third-order valence-electron chi connectivity index (χ3n) is 2.50. The molecule has 0 saturated carbocycles. The Balaban J connectivity index is 1.84. The van der Waals surface area contributed by atoms with Crippen molar-refractivity contribution < 1.29 is 9.18 Å². The molecule has 0 saturated heterocycles. The van der Waals surface area contributed by atoms with E-state index in [1.165, 1.54) is 24.3 Å². The van der Waals surface area contributed by atoms with E-state index in [9.17, 15) is 9.18 Å². The lowest BCUT2D eigenvalue weighted by molar-refractivity contribution is 0.0944. The molecule has 0 aliphatic heterocycles. The van der Waals surface area contributed by atoms with E-state index in [1.807, 2.05) is 0 Å². The molecule has 0 atom stereocenters. The van der Waals surface area contributed by atoms with E-state index in [2.05, 4.69) is 16.2 Å². The van der Waals surface area contributed by atoms with E-state index in [4.69, 9.17) is 23.8 Å². The number of rotatable bonds is 2. The number of nitrogens with one attached hydrogen (secondary N) is 3. The Bertz CT molecular complexity index is 646. The highest BCUT2D eigenvalue weighted by Crippen LogP contribution is 2.09. The van der Waals surface area contributed by atoms with Crippen LogP contribution in [0.1, 0.15) is 10.4 Å². The average Bonchev–Trinajstić information content (AvgIpc) is 2.48. The number of hydrazine groups is 1. The zero-order valence-corrected chi connectivity index (χ0v) is 12.3. The summed E-state index contributed by atoms with van der Waals surface area (Å²) < 4.78 is 12.8. The van der Waals surface area contributed by atoms with Crippen molar-refractivity contribution in [2.75, 3.05) is 5.32 Å². The zero-order chi connectivity index (χ0) is 15.2. The van der Waals surface area contributed by atoms with E-state index in [-0.39, 0.29) is 16.8 Å². The average molecular weight is 324 g/mol. The molecule has 0 spiro atoms. The smallest absolute Gasteiger partial charge is 0.269 e. The molecule has 0 heterocycles. The predicted octanol–water partition coefficient (Wildman–Crippen LogP) is 3.11. The molecule has 2 aromatic carbocycles. The molecule has 2 rings (SSSR count). The topological polar surface area (TPSA) is 53.2 Å². The van der Waals surface area contributed by atoms with Crippen molar-refractivity contribution in [3.8, 4) is 0 Å². The van der Waals surface area contributed by atoms with Crippen LogP contribution in [0.3, 0.4) is 0 Å². The summed E-state index contributed by atoms with van der Waals surface area (Å²) in [5.41, 5.74) is 6.04. The van der Waals surface area contributed by atoms with Crippen molar-refractivity contribution in [2.24, 2.45) is 0 Å². The van der Waals surface area contributed by atoms with Gasteiger partial charge in [0.05, 0.1) is 0 Å². The van der Waals surface area contributed by atoms with E-state index in [1.54, 1.807) is 24.3 Å². The van der Waals surface area contributed by atoms with Crippen molar-refractivity contribution in [3.63, 3.8) is 0 Å². The minimum Gasteiger partial charge on any atom is -0.331 e. The maximum Gasteiger partial charge on any atom is 0.269 e. The third-order valence-corrected chi connectivity index (χ3v) is 2.95. The first-order chi connectivity index (χ1) is 10.0. The van der Waals surface area contributed by atoms with Crippen LogP contribution in [-0.4, -0.2) is 11.0 Å². The highest BCUT2D eigenvalue weighted by atomic mass is 35.5. The highest BCUT2D eigenvalue weighted by molar-refractivity contribution is 7.80. The van der Waals surface area contributed by atoms with Crippen LogP contribution in [-0.2, 0) is 0 Å². The number of hydrogen-bond donors (Lipinski definition) is 3. The molecule has 4 nitrogen and oxygen atoms in total. The molecular formula is C14H11ClFN3OS. The van der Waals surface area contributed by atoms with E-state index in [0.717, 1.165) is 0 Å². The van der Waals surface area contributed by atoms with Gasteiger partial charge < -0.3 is 5.32 Å². The molecule has 1 amide bonds. The van der Waals surface area contributed by atoms with Gasteiger partial charge in [-0.2, -0.15) is 0 Å². The lowest BCUT2D eigenvalue weighted by atomic mass is 10.2. The fourth-order valence-corrected chi connectivity index (χ4v) is 1.78. The highest BCUT2D eigenvalue weighted by Gasteiger charge is 2.05. The Morgan fingerprint density at radius 2 is 1.62 bits per heavy atom. The molecule has 0 aromatic heterocycles. The van der Waals surface area contributed by atoms with Gasteiger partial charge in [-0.1, -0.05) is 11.6 Å². The number of carbonyl (C=O) groups is 1. The van der Waals surface area contributed by atoms with Crippen molar-refractivity contribution in [2.45, 2.75) is 0 Å². The molecule has 108 valence electrons. The number of hydrogen-bond acceptors (Lipinski definition) is 2. The Labute approximate surface area is 131 Å². The first-order valence-electron chi connectivity index (χ1n) is 5.93. The maximum absolute atomic E-state index is 12.8. The number of carbonyl (C=O) groups excluding carboxylic acids is 1. The summed E-state index contributed by atoms with van der Waals surface area (Å²) in [7, 11) is 0. The molecule has 21 heavy (non-hydrogen) atoms. The fourth-order valence-electron chi connectivity index (χ4n) is 1.48. The number of benzene rings is 2. The largest absolute Gasteiger partial charge is 0.331 e. The van der Waals surface area contributed by atoms with Crippen LogP contribution in [0, 0.1) is 5.82 Å². The second kappa shape index (κ2) is 7.01. The zero-order valence-electron chi connectivity index (χ0n) is 10.7. The molecule has 0 unspecified atom stereocenters. The fraction of sp³-hybridized carbons (Fsp3) is 0. The quantitative estimate of drug-likeness (QED) is 0.587. The molecule has 0 aliphatic carbocycles. The van der Waals surface area contributed by atoms with Gasteiger partial charge in [0.1, 0.15) is 5.82 Å². The Morgan fingerprint density at radius 3 is 2.24 bits per heavy atom. The standard InChI is InChI=1S/C14H11ClFN3OS/c15-10-3-1-9(2-4-10)13(20)18-19-14(21)17-12-7-5-11(16)6-8-12/h1-8H,(H,18,20)(H2,17,19,21). The summed E-state index contributed by atoms with van der Waals surface area (Å²) in [5.74, 6) is -0.689. The van der Waals surface area contributed by atoms with Gasteiger partial charge in [0.15, 0.2) is 5.11 Å². The van der Waals surface area contributed by atoms with Crippen LogP contribution in [0.15, 0.2) is 48.5 Å². The molecule has 0 radical (unpaired) electrons. The van der Waals surface area contributed by atoms with Crippen LogP contribution in [0.5, 0.6) is 0 Å². The summed E-state index contributed by atoms with van der Waals surface area (Å²) >= 11 is 10.7. The van der Waals surface area contributed by atoms with Crippen LogP contribution in [0.4, 0.5) is 10.1 Å². The molecular weight excluding hydrogens is 313 g/mol. The Kier molecular flexibility index (Phi) is 5.08. The van der Waals surface area contributed by atoms with E-state index < -0.39 is 0 Å². The third kappa shape index (κ3) is 4.70. The summed E-state index contributed by atoms with van der Waals surface area (Å²) in [6, 6.07) is 12.1. The second-order valence-corrected chi connectivity index (χ2v) is 4.89. The Hall–Kier alpha value is -2.18. The molecule has 0 fully saturated rings. The number of thiocarbonyl (C=S) groups is 1. The minimum absolute atomic E-state index is 0.184. The van der Waals surface area contributed by atoms with Gasteiger partial charge in [-0.05, 0) is 60.7 Å². The first kappa shape index (κ1) is 15.2. The number of halogens is 2. The SMILES string of the molecule is O=C(NNC(=S)Nc1ccc(F)cc1)c1ccc(Cl)cc1. The number of anilines is 1. The van der Waals surface area contributed by atoms with Crippen LogP contribution in [0.2, 0.25) is 5.02 Å². The van der Waals surface area contributed by atoms with Crippen LogP contribution < -0.4 is 16.2 Å². The number of amides is 1. The van der Waals surface area contributed by atoms with Crippen LogP contribution >= 0.6 is 23.8 Å². The van der Waals surface area contributed by atoms with Gasteiger partial charge >= 0.3 is 0 Å². The minimum atomic E-state index is -0.352. The first-order valence-corrected chi connectivity index (χ1v) is 6.72. The second-order valence-electron chi connectivity index (χ2n) is 4.05. The molecule has 0 aliphatic rings. The van der Waals surface area contributed by atoms with Gasteiger partial charge in [0.25, 0.3) is 5.91 Å². The molecule has 3 N–H and O–H groups in total. The summed E-state index contributed by atoms with van der Waals surface area (Å²) in [6.45, 7) is 0. The van der Waals surface area contributed by atoms with E-state index >= 15 is 0 Å². The lowest BCUT2D eigenvalue weighted by Gasteiger charge is -2.11. The summed E-state index contributed by atoms with van der Waals surface area (Å²) in [4.78, 5) is 11.8. The van der Waals surface area contributed by atoms with Gasteiger partial charge in [-0.25, -0.2) is 4.39 Å². The van der Waals surface area contributed by atoms with Gasteiger partial charge in [0.2, 0.25) is 0 Å². The van der Waals surface area contributed by atoms with Crippen molar-refractivity contribution >= 4 is 40.5 Å². The summed E-state index contributed by atoms with van der Waals surface area (Å²) in [5, 5.41) is 3.54. The van der Waals surface area contributed by atoms with E-state index in [0.29, 0.717) is 16.3 Å². The summed E-state index contributed by atoms with van der Waals surface area (Å²) in [6.07, 6.45) is 0. The van der Waals surface area contributed by atoms with Crippen LogP contribution in [0.25, 0.3) is 0 Å². The van der Waals surface area contributed by atoms with Gasteiger partial charge in [-0.15, -0.1) is 0 Å². The van der Waals surface area contributed by atoms with Crippen molar-refractivity contribution in [1.29, 1.82) is 0 Å². The van der Waals surface area contributed by atoms with Gasteiger partial charge in [0, 0.05) is 16.3 Å².